The van der Waals surface area contributed by atoms with Crippen LogP contribution in [0.15, 0.2) is 187 Å². The third kappa shape index (κ3) is 8.01. The average molecular weight is 587 g/mol. The lowest BCUT2D eigenvalue weighted by molar-refractivity contribution is 0.480. The molecule has 0 unspecified atom stereocenters. The fraction of sp³-hybridized carbons (Fsp3) is 0. The van der Waals surface area contributed by atoms with Crippen LogP contribution in [0.4, 0.5) is 0 Å². The molecular weight excluding hydrogens is 561 g/mol. The number of rotatable bonds is 10. The van der Waals surface area contributed by atoms with Crippen LogP contribution in [0.1, 0.15) is 0 Å². The first-order valence-electron chi connectivity index (χ1n) is 13.1. The Morgan fingerprint density at radius 1 is 0.268 bits per heavy atom. The summed E-state index contributed by atoms with van der Waals surface area (Å²) in [6.45, 7) is 0. The van der Waals surface area contributed by atoms with Crippen LogP contribution >= 0.6 is 35.3 Å². The Morgan fingerprint density at radius 3 is 0.854 bits per heavy atom. The third-order valence-corrected chi connectivity index (χ3v) is 8.86. The molecule has 0 atom stereocenters. The largest absolute Gasteiger partial charge is 0.457 e. The molecule has 6 rings (SSSR count). The average Bonchev–Trinajstić information content (AvgIpc) is 2.99. The Morgan fingerprint density at radius 2 is 0.537 bits per heavy atom. The van der Waals surface area contributed by atoms with Crippen LogP contribution in [0.3, 0.4) is 0 Å². The molecule has 5 heteroatoms. The van der Waals surface area contributed by atoms with Gasteiger partial charge in [0.1, 0.15) is 23.0 Å². The zero-order valence-corrected chi connectivity index (χ0v) is 24.5. The van der Waals surface area contributed by atoms with E-state index in [0.717, 1.165) is 42.6 Å². The summed E-state index contributed by atoms with van der Waals surface area (Å²) in [5.74, 6) is 3.24. The summed E-state index contributed by atoms with van der Waals surface area (Å²) in [7, 11) is 0. The van der Waals surface area contributed by atoms with Gasteiger partial charge in [-0.25, -0.2) is 0 Å². The summed E-state index contributed by atoms with van der Waals surface area (Å²) in [6.07, 6.45) is 0. The second-order valence-corrected chi connectivity index (χ2v) is 12.5. The topological polar surface area (TPSA) is 18.5 Å². The summed E-state index contributed by atoms with van der Waals surface area (Å²) in [6, 6.07) is 53.5. The molecule has 0 aliphatic heterocycles. The molecule has 0 bridgehead atoms. The van der Waals surface area contributed by atoms with Gasteiger partial charge in [0, 0.05) is 29.4 Å². The summed E-state index contributed by atoms with van der Waals surface area (Å²) in [4.78, 5) is 6.87. The van der Waals surface area contributed by atoms with Crippen LogP contribution in [0.25, 0.3) is 0 Å². The van der Waals surface area contributed by atoms with Gasteiger partial charge < -0.3 is 9.47 Å². The van der Waals surface area contributed by atoms with E-state index in [4.69, 9.17) is 9.47 Å². The van der Waals surface area contributed by atoms with E-state index in [-0.39, 0.29) is 0 Å². The van der Waals surface area contributed by atoms with E-state index in [1.807, 2.05) is 60.7 Å². The van der Waals surface area contributed by atoms with Crippen LogP contribution in [0, 0.1) is 0 Å². The third-order valence-electron chi connectivity index (χ3n) is 5.89. The van der Waals surface area contributed by atoms with Gasteiger partial charge >= 0.3 is 0 Å². The number of benzene rings is 6. The zero-order chi connectivity index (χ0) is 27.7. The van der Waals surface area contributed by atoms with Gasteiger partial charge in [-0.15, -0.1) is 0 Å². The Hall–Kier alpha value is -4.03. The molecule has 0 saturated carbocycles. The first kappa shape index (κ1) is 27.2. The Bertz CT molecular complexity index is 1590. The van der Waals surface area contributed by atoms with E-state index in [9.17, 15) is 0 Å². The molecule has 0 N–H and O–H groups in total. The predicted octanol–water partition coefficient (Wildman–Crippen LogP) is 11.7. The van der Waals surface area contributed by atoms with Gasteiger partial charge in [-0.05, 0) is 97.1 Å². The van der Waals surface area contributed by atoms with Gasteiger partial charge in [0.15, 0.2) is 0 Å². The van der Waals surface area contributed by atoms with Gasteiger partial charge in [0.2, 0.25) is 0 Å². The van der Waals surface area contributed by atoms with Crippen molar-refractivity contribution in [3.63, 3.8) is 0 Å². The molecule has 41 heavy (non-hydrogen) atoms. The van der Waals surface area contributed by atoms with E-state index < -0.39 is 0 Å². The molecule has 0 aromatic heterocycles. The maximum atomic E-state index is 6.24. The van der Waals surface area contributed by atoms with Crippen molar-refractivity contribution < 1.29 is 9.47 Å². The second kappa shape index (κ2) is 13.6. The zero-order valence-electron chi connectivity index (χ0n) is 22.1. The van der Waals surface area contributed by atoms with Crippen LogP contribution in [-0.2, 0) is 0 Å². The van der Waals surface area contributed by atoms with Crippen molar-refractivity contribution in [2.24, 2.45) is 0 Å². The van der Waals surface area contributed by atoms with E-state index in [1.165, 1.54) is 9.79 Å². The molecule has 0 heterocycles. The number of ether oxygens (including phenoxy) is 2. The Balaban J connectivity index is 1.11. The van der Waals surface area contributed by atoms with Gasteiger partial charge in [0.25, 0.3) is 0 Å². The number of hydrogen-bond acceptors (Lipinski definition) is 5. The summed E-state index contributed by atoms with van der Waals surface area (Å²) < 4.78 is 12.5. The van der Waals surface area contributed by atoms with Gasteiger partial charge in [-0.1, -0.05) is 95.9 Å². The maximum Gasteiger partial charge on any atom is 0.128 e. The quantitative estimate of drug-likeness (QED) is 0.158. The highest BCUT2D eigenvalue weighted by atomic mass is 32.2. The first-order chi connectivity index (χ1) is 20.2. The standard InChI is InChI=1S/C36H26O2S3/c1-3-15-31(16-4-1)39-33-19-7-11-27(23-33)37-29-13-9-21-35(25-29)41-36-22-10-14-30(26-36)38-28-12-8-20-34(24-28)40-32-17-5-2-6-18-32/h1-26H. The SMILES string of the molecule is c1ccc(Sc2cccc(Oc3cccc(Sc4cccc(Oc5cccc(Sc6ccccc6)c5)c4)c3)c2)cc1. The minimum atomic E-state index is 0.803. The second-order valence-electron chi connectivity index (χ2n) is 9.04. The molecule has 0 amide bonds. The van der Waals surface area contributed by atoms with Crippen molar-refractivity contribution in [2.75, 3.05) is 0 Å². The van der Waals surface area contributed by atoms with Crippen LogP contribution < -0.4 is 9.47 Å². The van der Waals surface area contributed by atoms with Gasteiger partial charge in [-0.2, -0.15) is 0 Å². The Labute approximate surface area is 253 Å². The smallest absolute Gasteiger partial charge is 0.128 e. The lowest BCUT2D eigenvalue weighted by atomic mass is 10.3. The highest BCUT2D eigenvalue weighted by Crippen LogP contribution is 2.36. The molecule has 6 aromatic carbocycles. The highest BCUT2D eigenvalue weighted by Gasteiger charge is 2.06. The summed E-state index contributed by atoms with van der Waals surface area (Å²) in [5, 5.41) is 0. The molecule has 0 aliphatic rings. The fourth-order valence-corrected chi connectivity index (χ4v) is 6.75. The first-order valence-corrected chi connectivity index (χ1v) is 15.6. The van der Waals surface area contributed by atoms with Crippen molar-refractivity contribution in [2.45, 2.75) is 29.4 Å². The van der Waals surface area contributed by atoms with Crippen molar-refractivity contribution >= 4 is 35.3 Å². The molecule has 0 saturated heterocycles. The minimum absolute atomic E-state index is 0.803. The molecular formula is C36H26O2S3. The van der Waals surface area contributed by atoms with Crippen molar-refractivity contribution in [3.05, 3.63) is 158 Å². The van der Waals surface area contributed by atoms with Gasteiger partial charge in [-0.3, -0.25) is 0 Å². The fourth-order valence-electron chi connectivity index (χ4n) is 4.06. The van der Waals surface area contributed by atoms with Gasteiger partial charge in [0.05, 0.1) is 0 Å². The monoisotopic (exact) mass is 586 g/mol. The maximum absolute atomic E-state index is 6.24. The molecule has 200 valence electrons. The molecule has 0 fully saturated rings. The Kier molecular flexibility index (Phi) is 8.98. The molecule has 0 spiro atoms. The molecule has 0 aliphatic carbocycles. The normalized spacial score (nSPS) is 10.7. The van der Waals surface area contributed by atoms with E-state index >= 15 is 0 Å². The molecule has 2 nitrogen and oxygen atoms in total. The minimum Gasteiger partial charge on any atom is -0.457 e. The highest BCUT2D eigenvalue weighted by molar-refractivity contribution is 7.99. The molecule has 6 aromatic rings. The van der Waals surface area contributed by atoms with E-state index in [1.54, 1.807) is 35.3 Å². The van der Waals surface area contributed by atoms with Crippen LogP contribution in [0.5, 0.6) is 23.0 Å². The summed E-state index contributed by atoms with van der Waals surface area (Å²) >= 11 is 5.12. The van der Waals surface area contributed by atoms with Crippen molar-refractivity contribution in [1.29, 1.82) is 0 Å². The molecule has 0 radical (unpaired) electrons. The van der Waals surface area contributed by atoms with E-state index in [0.29, 0.717) is 0 Å². The lowest BCUT2D eigenvalue weighted by Gasteiger charge is -2.11. The summed E-state index contributed by atoms with van der Waals surface area (Å²) in [5.41, 5.74) is 0. The van der Waals surface area contributed by atoms with E-state index in [2.05, 4.69) is 97.1 Å². The predicted molar refractivity (Wildman–Crippen MR) is 171 cm³/mol. The number of hydrogen-bond donors (Lipinski definition) is 0. The van der Waals surface area contributed by atoms with Crippen LogP contribution in [0.2, 0.25) is 0 Å². The lowest BCUT2D eigenvalue weighted by Crippen LogP contribution is -1.86. The van der Waals surface area contributed by atoms with Crippen molar-refractivity contribution in [1.82, 2.24) is 0 Å². The van der Waals surface area contributed by atoms with Crippen molar-refractivity contribution in [3.8, 4) is 23.0 Å². The van der Waals surface area contributed by atoms with Crippen LogP contribution in [-0.4, -0.2) is 0 Å².